The highest BCUT2D eigenvalue weighted by Crippen LogP contribution is 2.35. The van der Waals surface area contributed by atoms with Crippen LogP contribution >= 0.6 is 0 Å². The molecule has 0 aromatic rings. The standard InChI is InChI=1S/C10H19NO2/c1-7(2)9-5-4-8(3)6-10(9)13-11-12/h7-10H,4-6H2,1-3H3/t8-,9+,10-/m1/s1. The molecule has 3 nitrogen and oxygen atoms in total. The summed E-state index contributed by atoms with van der Waals surface area (Å²) >= 11 is 0. The predicted molar refractivity (Wildman–Crippen MR) is 52.0 cm³/mol. The molecule has 1 fully saturated rings. The van der Waals surface area contributed by atoms with Gasteiger partial charge in [-0.25, -0.2) is 0 Å². The molecule has 0 saturated heterocycles. The molecule has 0 aliphatic heterocycles. The summed E-state index contributed by atoms with van der Waals surface area (Å²) < 4.78 is 0. The minimum absolute atomic E-state index is 0.0567. The van der Waals surface area contributed by atoms with Crippen LogP contribution in [-0.4, -0.2) is 6.10 Å². The fourth-order valence-corrected chi connectivity index (χ4v) is 2.29. The molecule has 0 spiro atoms. The van der Waals surface area contributed by atoms with E-state index in [2.05, 4.69) is 26.1 Å². The van der Waals surface area contributed by atoms with Crippen LogP contribution in [-0.2, 0) is 4.84 Å². The smallest absolute Gasteiger partial charge is 0.155 e. The van der Waals surface area contributed by atoms with Gasteiger partial charge in [0.25, 0.3) is 0 Å². The molecule has 0 N–H and O–H groups in total. The lowest BCUT2D eigenvalue weighted by Crippen LogP contribution is -2.33. The molecule has 1 saturated carbocycles. The highest BCUT2D eigenvalue weighted by atomic mass is 16.7. The van der Waals surface area contributed by atoms with E-state index < -0.39 is 0 Å². The third kappa shape index (κ3) is 2.68. The van der Waals surface area contributed by atoms with Gasteiger partial charge >= 0.3 is 0 Å². The summed E-state index contributed by atoms with van der Waals surface area (Å²) in [4.78, 5) is 15.0. The van der Waals surface area contributed by atoms with Gasteiger partial charge in [0.15, 0.2) is 5.34 Å². The van der Waals surface area contributed by atoms with Crippen molar-refractivity contribution in [1.29, 1.82) is 0 Å². The SMILES string of the molecule is CC(C)[C@@H]1CC[C@@H](C)C[C@H]1ON=O. The van der Waals surface area contributed by atoms with Crippen molar-refractivity contribution in [3.05, 3.63) is 4.91 Å². The van der Waals surface area contributed by atoms with Crippen molar-refractivity contribution < 1.29 is 4.84 Å². The van der Waals surface area contributed by atoms with E-state index in [1.54, 1.807) is 0 Å². The zero-order valence-electron chi connectivity index (χ0n) is 8.69. The summed E-state index contributed by atoms with van der Waals surface area (Å²) in [6.45, 7) is 6.57. The lowest BCUT2D eigenvalue weighted by atomic mass is 9.75. The van der Waals surface area contributed by atoms with Crippen LogP contribution in [0.25, 0.3) is 0 Å². The van der Waals surface area contributed by atoms with Crippen LogP contribution in [0.3, 0.4) is 0 Å². The molecule has 1 rings (SSSR count). The quantitative estimate of drug-likeness (QED) is 0.500. The summed E-state index contributed by atoms with van der Waals surface area (Å²) in [5, 5.41) is 2.58. The minimum atomic E-state index is 0.0567. The largest absolute Gasteiger partial charge is 0.360 e. The summed E-state index contributed by atoms with van der Waals surface area (Å²) in [5.74, 6) is 1.76. The zero-order valence-corrected chi connectivity index (χ0v) is 8.69. The molecule has 0 unspecified atom stereocenters. The molecule has 13 heavy (non-hydrogen) atoms. The van der Waals surface area contributed by atoms with E-state index in [1.165, 1.54) is 12.8 Å². The molecule has 1 aliphatic rings. The van der Waals surface area contributed by atoms with Crippen molar-refractivity contribution in [2.45, 2.75) is 46.1 Å². The predicted octanol–water partition coefficient (Wildman–Crippen LogP) is 3.15. The number of hydrogen-bond acceptors (Lipinski definition) is 3. The maximum Gasteiger partial charge on any atom is 0.155 e. The van der Waals surface area contributed by atoms with Crippen molar-refractivity contribution >= 4 is 0 Å². The van der Waals surface area contributed by atoms with Gasteiger partial charge in [-0.3, -0.25) is 0 Å². The second-order valence-corrected chi connectivity index (χ2v) is 4.54. The highest BCUT2D eigenvalue weighted by molar-refractivity contribution is 4.80. The summed E-state index contributed by atoms with van der Waals surface area (Å²) in [6.07, 6.45) is 3.45. The Labute approximate surface area is 79.8 Å². The second-order valence-electron chi connectivity index (χ2n) is 4.54. The van der Waals surface area contributed by atoms with Gasteiger partial charge in [0.1, 0.15) is 6.10 Å². The number of nitrogens with zero attached hydrogens (tertiary/aromatic N) is 1. The first-order valence-electron chi connectivity index (χ1n) is 5.13. The van der Waals surface area contributed by atoms with Crippen molar-refractivity contribution in [3.63, 3.8) is 0 Å². The first-order valence-corrected chi connectivity index (χ1v) is 5.13. The van der Waals surface area contributed by atoms with Crippen molar-refractivity contribution in [3.8, 4) is 0 Å². The fraction of sp³-hybridized carbons (Fsp3) is 1.00. The Morgan fingerprint density at radius 1 is 1.38 bits per heavy atom. The van der Waals surface area contributed by atoms with E-state index in [9.17, 15) is 4.91 Å². The molecule has 0 aromatic heterocycles. The Kier molecular flexibility index (Phi) is 3.70. The summed E-state index contributed by atoms with van der Waals surface area (Å²) in [7, 11) is 0. The summed E-state index contributed by atoms with van der Waals surface area (Å²) in [6, 6.07) is 0. The third-order valence-corrected chi connectivity index (χ3v) is 3.14. The van der Waals surface area contributed by atoms with E-state index >= 15 is 0 Å². The molecule has 3 atom stereocenters. The van der Waals surface area contributed by atoms with Crippen LogP contribution < -0.4 is 0 Å². The van der Waals surface area contributed by atoms with Gasteiger partial charge in [0, 0.05) is 5.92 Å². The average Bonchev–Trinajstić information content (AvgIpc) is 2.04. The summed E-state index contributed by atoms with van der Waals surface area (Å²) in [5.41, 5.74) is 0. The Balaban J connectivity index is 2.54. The van der Waals surface area contributed by atoms with Crippen LogP contribution in [0.5, 0.6) is 0 Å². The Morgan fingerprint density at radius 2 is 2.08 bits per heavy atom. The molecule has 0 radical (unpaired) electrons. The van der Waals surface area contributed by atoms with Crippen LogP contribution in [0.15, 0.2) is 5.34 Å². The minimum Gasteiger partial charge on any atom is -0.360 e. The topological polar surface area (TPSA) is 38.7 Å². The lowest BCUT2D eigenvalue weighted by molar-refractivity contribution is -0.0384. The normalized spacial score (nSPS) is 34.6. The Morgan fingerprint density at radius 3 is 2.62 bits per heavy atom. The van der Waals surface area contributed by atoms with Gasteiger partial charge in [0.2, 0.25) is 0 Å². The second kappa shape index (κ2) is 4.58. The van der Waals surface area contributed by atoms with E-state index in [0.717, 1.165) is 6.42 Å². The van der Waals surface area contributed by atoms with E-state index in [1.807, 2.05) is 0 Å². The molecule has 0 amide bonds. The number of rotatable bonds is 3. The Bertz CT molecular complexity index is 170. The maximum atomic E-state index is 10.1. The number of hydrogen-bond donors (Lipinski definition) is 0. The fourth-order valence-electron chi connectivity index (χ4n) is 2.29. The molecule has 0 aromatic carbocycles. The molecule has 0 heterocycles. The van der Waals surface area contributed by atoms with Gasteiger partial charge in [-0.15, -0.1) is 4.91 Å². The van der Waals surface area contributed by atoms with Gasteiger partial charge in [-0.2, -0.15) is 0 Å². The van der Waals surface area contributed by atoms with E-state index in [0.29, 0.717) is 17.8 Å². The van der Waals surface area contributed by atoms with Gasteiger partial charge in [0.05, 0.1) is 0 Å². The maximum absolute atomic E-state index is 10.1. The lowest BCUT2D eigenvalue weighted by Gasteiger charge is -2.34. The molecule has 3 heteroatoms. The molecule has 1 aliphatic carbocycles. The van der Waals surface area contributed by atoms with Gasteiger partial charge in [-0.05, 0) is 24.7 Å². The molecular formula is C10H19NO2. The molecule has 0 bridgehead atoms. The first kappa shape index (κ1) is 10.5. The monoisotopic (exact) mass is 185 g/mol. The van der Waals surface area contributed by atoms with Crippen molar-refractivity contribution in [2.75, 3.05) is 0 Å². The van der Waals surface area contributed by atoms with Crippen molar-refractivity contribution in [2.24, 2.45) is 23.1 Å². The Hall–Kier alpha value is -0.600. The van der Waals surface area contributed by atoms with Crippen LogP contribution in [0.1, 0.15) is 40.0 Å². The third-order valence-electron chi connectivity index (χ3n) is 3.14. The first-order chi connectivity index (χ1) is 6.15. The van der Waals surface area contributed by atoms with Crippen LogP contribution in [0.2, 0.25) is 0 Å². The van der Waals surface area contributed by atoms with Crippen molar-refractivity contribution in [1.82, 2.24) is 0 Å². The van der Waals surface area contributed by atoms with Gasteiger partial charge in [-0.1, -0.05) is 27.2 Å². The highest BCUT2D eigenvalue weighted by Gasteiger charge is 2.32. The molecular weight excluding hydrogens is 166 g/mol. The zero-order chi connectivity index (χ0) is 9.84. The van der Waals surface area contributed by atoms with E-state index in [4.69, 9.17) is 4.84 Å². The van der Waals surface area contributed by atoms with Gasteiger partial charge < -0.3 is 4.84 Å². The van der Waals surface area contributed by atoms with E-state index in [-0.39, 0.29) is 6.10 Å². The van der Waals surface area contributed by atoms with Crippen LogP contribution in [0.4, 0.5) is 0 Å². The van der Waals surface area contributed by atoms with Crippen LogP contribution in [0, 0.1) is 22.7 Å². The molecule has 76 valence electrons. The average molecular weight is 185 g/mol.